The lowest BCUT2D eigenvalue weighted by atomic mass is 10.2. The molecule has 0 spiro atoms. The quantitative estimate of drug-likeness (QED) is 0.828. The zero-order chi connectivity index (χ0) is 12.0. The van der Waals surface area contributed by atoms with Crippen molar-refractivity contribution in [3.8, 4) is 0 Å². The summed E-state index contributed by atoms with van der Waals surface area (Å²) in [6.45, 7) is 5.61. The van der Waals surface area contributed by atoms with Crippen LogP contribution in [0.15, 0.2) is 29.2 Å². The van der Waals surface area contributed by atoms with E-state index in [1.165, 1.54) is 0 Å². The van der Waals surface area contributed by atoms with Crippen LogP contribution in [0.1, 0.15) is 25.8 Å². The topological polar surface area (TPSA) is 46.2 Å². The van der Waals surface area contributed by atoms with E-state index < -0.39 is 9.84 Å². The molecule has 16 heavy (non-hydrogen) atoms. The third-order valence-corrected chi connectivity index (χ3v) is 4.27. The van der Waals surface area contributed by atoms with E-state index in [-0.39, 0.29) is 5.75 Å². The summed E-state index contributed by atoms with van der Waals surface area (Å²) < 4.78 is 23.5. The van der Waals surface area contributed by atoms with Crippen LogP contribution in [-0.4, -0.2) is 20.7 Å². The molecule has 0 atom stereocenters. The Kier molecular flexibility index (Phi) is 4.96. The van der Waals surface area contributed by atoms with Gasteiger partial charge < -0.3 is 5.32 Å². The molecule has 4 heteroatoms. The van der Waals surface area contributed by atoms with Gasteiger partial charge in [0.2, 0.25) is 0 Å². The largest absolute Gasteiger partial charge is 0.313 e. The monoisotopic (exact) mass is 241 g/mol. The fourth-order valence-electron chi connectivity index (χ4n) is 1.47. The van der Waals surface area contributed by atoms with Crippen LogP contribution in [0.2, 0.25) is 0 Å². The number of hydrogen-bond acceptors (Lipinski definition) is 3. The molecule has 0 amide bonds. The van der Waals surface area contributed by atoms with Crippen molar-refractivity contribution in [2.24, 2.45) is 0 Å². The molecule has 1 aromatic rings. The highest BCUT2D eigenvalue weighted by Gasteiger charge is 2.12. The summed E-state index contributed by atoms with van der Waals surface area (Å²) in [5.41, 5.74) is 1.11. The van der Waals surface area contributed by atoms with Crippen LogP contribution in [0.5, 0.6) is 0 Å². The van der Waals surface area contributed by atoms with E-state index in [1.807, 2.05) is 26.0 Å². The normalized spacial score (nSPS) is 11.6. The van der Waals surface area contributed by atoms with Gasteiger partial charge in [0.1, 0.15) is 0 Å². The Bertz CT molecular complexity index is 409. The Morgan fingerprint density at radius 3 is 2.25 bits per heavy atom. The Morgan fingerprint density at radius 2 is 1.75 bits per heavy atom. The van der Waals surface area contributed by atoms with Crippen LogP contribution in [0.25, 0.3) is 0 Å². The molecule has 0 heterocycles. The van der Waals surface area contributed by atoms with Crippen molar-refractivity contribution in [3.63, 3.8) is 0 Å². The van der Waals surface area contributed by atoms with Gasteiger partial charge in [0.25, 0.3) is 0 Å². The summed E-state index contributed by atoms with van der Waals surface area (Å²) in [5, 5.41) is 3.20. The molecule has 0 bridgehead atoms. The van der Waals surface area contributed by atoms with E-state index in [4.69, 9.17) is 0 Å². The lowest BCUT2D eigenvalue weighted by Gasteiger charge is -2.05. The molecule has 0 saturated carbocycles. The van der Waals surface area contributed by atoms with Crippen molar-refractivity contribution in [2.75, 3.05) is 12.3 Å². The third kappa shape index (κ3) is 3.61. The number of nitrogens with one attached hydrogen (secondary N) is 1. The van der Waals surface area contributed by atoms with Gasteiger partial charge in [-0.15, -0.1) is 0 Å². The van der Waals surface area contributed by atoms with Gasteiger partial charge in [0, 0.05) is 6.54 Å². The second kappa shape index (κ2) is 6.01. The Hall–Kier alpha value is -0.870. The van der Waals surface area contributed by atoms with Gasteiger partial charge in [0.05, 0.1) is 10.6 Å². The molecular formula is C12H19NO2S. The summed E-state index contributed by atoms with van der Waals surface area (Å²) in [5.74, 6) is 0.222. The molecule has 1 rings (SSSR count). The Morgan fingerprint density at radius 1 is 1.12 bits per heavy atom. The van der Waals surface area contributed by atoms with Crippen molar-refractivity contribution in [1.29, 1.82) is 0 Å². The summed E-state index contributed by atoms with van der Waals surface area (Å²) >= 11 is 0. The molecule has 90 valence electrons. The van der Waals surface area contributed by atoms with Crippen molar-refractivity contribution in [1.82, 2.24) is 5.32 Å². The average Bonchev–Trinajstić information content (AvgIpc) is 2.27. The van der Waals surface area contributed by atoms with Crippen LogP contribution in [0, 0.1) is 0 Å². The van der Waals surface area contributed by atoms with Crippen LogP contribution in [-0.2, 0) is 16.4 Å². The zero-order valence-electron chi connectivity index (χ0n) is 9.86. The maximum Gasteiger partial charge on any atom is 0.178 e. The molecule has 0 aliphatic carbocycles. The maximum absolute atomic E-state index is 11.7. The lowest BCUT2D eigenvalue weighted by molar-refractivity contribution is 0.594. The molecule has 0 unspecified atom stereocenters. The highest BCUT2D eigenvalue weighted by molar-refractivity contribution is 7.91. The molecule has 1 N–H and O–H groups in total. The molecule has 3 nitrogen and oxygen atoms in total. The van der Waals surface area contributed by atoms with E-state index in [1.54, 1.807) is 12.1 Å². The molecule has 0 saturated heterocycles. The van der Waals surface area contributed by atoms with Gasteiger partial charge in [-0.25, -0.2) is 8.42 Å². The van der Waals surface area contributed by atoms with Gasteiger partial charge in [0.15, 0.2) is 9.84 Å². The first-order valence-corrected chi connectivity index (χ1v) is 7.27. The molecule has 0 aliphatic rings. The summed E-state index contributed by atoms with van der Waals surface area (Å²) in [6, 6.07) is 7.12. The second-order valence-electron chi connectivity index (χ2n) is 3.74. The first-order chi connectivity index (χ1) is 7.60. The minimum atomic E-state index is -3.07. The van der Waals surface area contributed by atoms with Crippen molar-refractivity contribution in [3.05, 3.63) is 29.8 Å². The Balaban J connectivity index is 2.78. The van der Waals surface area contributed by atoms with E-state index in [2.05, 4.69) is 5.32 Å². The number of sulfone groups is 1. The van der Waals surface area contributed by atoms with E-state index in [0.29, 0.717) is 11.3 Å². The molecular weight excluding hydrogens is 222 g/mol. The van der Waals surface area contributed by atoms with E-state index >= 15 is 0 Å². The number of benzene rings is 1. The van der Waals surface area contributed by atoms with Crippen LogP contribution in [0.4, 0.5) is 0 Å². The smallest absolute Gasteiger partial charge is 0.178 e. The van der Waals surface area contributed by atoms with Crippen LogP contribution in [0.3, 0.4) is 0 Å². The number of rotatable bonds is 6. The fraction of sp³-hybridized carbons (Fsp3) is 0.500. The van der Waals surface area contributed by atoms with Crippen molar-refractivity contribution >= 4 is 9.84 Å². The third-order valence-electron chi connectivity index (χ3n) is 2.33. The predicted molar refractivity (Wildman–Crippen MR) is 66.2 cm³/mol. The number of hydrogen-bond donors (Lipinski definition) is 1. The van der Waals surface area contributed by atoms with Gasteiger partial charge in [-0.3, -0.25) is 0 Å². The van der Waals surface area contributed by atoms with Crippen molar-refractivity contribution < 1.29 is 8.42 Å². The summed E-state index contributed by atoms with van der Waals surface area (Å²) in [4.78, 5) is 0.426. The van der Waals surface area contributed by atoms with E-state index in [9.17, 15) is 8.42 Å². The minimum Gasteiger partial charge on any atom is -0.313 e. The summed E-state index contributed by atoms with van der Waals surface area (Å²) in [7, 11) is -3.07. The van der Waals surface area contributed by atoms with E-state index in [0.717, 1.165) is 18.7 Å². The first-order valence-electron chi connectivity index (χ1n) is 5.62. The molecule has 0 aromatic heterocycles. The predicted octanol–water partition coefficient (Wildman–Crippen LogP) is 1.98. The van der Waals surface area contributed by atoms with Gasteiger partial charge in [-0.2, -0.15) is 0 Å². The minimum absolute atomic E-state index is 0.222. The zero-order valence-corrected chi connectivity index (χ0v) is 10.7. The lowest BCUT2D eigenvalue weighted by Crippen LogP contribution is -2.12. The molecule has 1 aromatic carbocycles. The standard InChI is InChI=1S/C12H19NO2S/c1-3-9-16(14,15)12-7-5-11(6-8-12)10-13-4-2/h5-8,13H,3-4,9-10H2,1-2H3. The van der Waals surface area contributed by atoms with Crippen molar-refractivity contribution in [2.45, 2.75) is 31.7 Å². The highest BCUT2D eigenvalue weighted by Crippen LogP contribution is 2.13. The highest BCUT2D eigenvalue weighted by atomic mass is 32.2. The van der Waals surface area contributed by atoms with Gasteiger partial charge >= 0.3 is 0 Å². The molecule has 0 radical (unpaired) electrons. The average molecular weight is 241 g/mol. The molecule has 0 fully saturated rings. The second-order valence-corrected chi connectivity index (χ2v) is 5.85. The summed E-state index contributed by atoms with van der Waals surface area (Å²) in [6.07, 6.45) is 0.654. The first kappa shape index (κ1) is 13.2. The van der Waals surface area contributed by atoms with Crippen LogP contribution < -0.4 is 5.32 Å². The van der Waals surface area contributed by atoms with Gasteiger partial charge in [-0.05, 0) is 30.7 Å². The van der Waals surface area contributed by atoms with Crippen LogP contribution >= 0.6 is 0 Å². The molecule has 0 aliphatic heterocycles. The SMILES string of the molecule is CCCS(=O)(=O)c1ccc(CNCC)cc1. The Labute approximate surface area is 97.8 Å². The maximum atomic E-state index is 11.7. The fourth-order valence-corrected chi connectivity index (χ4v) is 2.79. The van der Waals surface area contributed by atoms with Gasteiger partial charge in [-0.1, -0.05) is 26.0 Å².